The van der Waals surface area contributed by atoms with Gasteiger partial charge in [-0.05, 0) is 18.1 Å². The van der Waals surface area contributed by atoms with Crippen LogP contribution in [0.3, 0.4) is 0 Å². The summed E-state index contributed by atoms with van der Waals surface area (Å²) >= 11 is 1.35. The fraction of sp³-hybridized carbons (Fsp3) is 0.429. The van der Waals surface area contributed by atoms with Gasteiger partial charge in [0.05, 0.1) is 5.52 Å². The van der Waals surface area contributed by atoms with Crippen LogP contribution in [0.1, 0.15) is 13.8 Å². The number of carbonyl (C=O) groups is 1. The maximum absolute atomic E-state index is 11.8. The summed E-state index contributed by atoms with van der Waals surface area (Å²) in [7, 11) is 0. The van der Waals surface area contributed by atoms with E-state index in [9.17, 15) is 9.59 Å². The highest BCUT2D eigenvalue weighted by Gasteiger charge is 2.21. The Morgan fingerprint density at radius 3 is 2.75 bits per heavy atom. The van der Waals surface area contributed by atoms with Gasteiger partial charge in [0, 0.05) is 12.3 Å². The van der Waals surface area contributed by atoms with Crippen LogP contribution in [0.5, 0.6) is 0 Å². The Labute approximate surface area is 120 Å². The van der Waals surface area contributed by atoms with Gasteiger partial charge in [0.2, 0.25) is 0 Å². The Morgan fingerprint density at radius 1 is 1.40 bits per heavy atom. The standard InChI is InChI=1S/C14H17NO4S/c1-9(2)12(13(16)17)20-8-7-15-10-5-3-4-6-11(10)19-14(15)18/h3-6,9,12H,7-8H2,1-2H3,(H,16,17). The Hall–Kier alpha value is -1.69. The van der Waals surface area contributed by atoms with Gasteiger partial charge in [-0.15, -0.1) is 11.8 Å². The van der Waals surface area contributed by atoms with Crippen LogP contribution >= 0.6 is 11.8 Å². The first-order chi connectivity index (χ1) is 9.50. The molecule has 20 heavy (non-hydrogen) atoms. The summed E-state index contributed by atoms with van der Waals surface area (Å²) < 4.78 is 6.68. The number of hydrogen-bond acceptors (Lipinski definition) is 4. The van der Waals surface area contributed by atoms with E-state index in [1.165, 1.54) is 11.8 Å². The molecule has 0 fully saturated rings. The lowest BCUT2D eigenvalue weighted by Crippen LogP contribution is -2.24. The first kappa shape index (κ1) is 14.7. The molecule has 0 aliphatic carbocycles. The number of hydrogen-bond donors (Lipinski definition) is 1. The highest BCUT2D eigenvalue weighted by molar-refractivity contribution is 8.00. The van der Waals surface area contributed by atoms with Crippen LogP contribution in [0.2, 0.25) is 0 Å². The zero-order chi connectivity index (χ0) is 14.7. The number of fused-ring (bicyclic) bond motifs is 1. The second-order valence-corrected chi connectivity index (χ2v) is 6.11. The smallest absolute Gasteiger partial charge is 0.419 e. The van der Waals surface area contributed by atoms with Crippen molar-refractivity contribution in [1.29, 1.82) is 0 Å². The number of thioether (sulfide) groups is 1. The van der Waals surface area contributed by atoms with Gasteiger partial charge in [-0.2, -0.15) is 0 Å². The average molecular weight is 295 g/mol. The zero-order valence-corrected chi connectivity index (χ0v) is 12.2. The average Bonchev–Trinajstić information content (AvgIpc) is 2.69. The number of aliphatic carboxylic acids is 1. The number of nitrogens with zero attached hydrogens (tertiary/aromatic N) is 1. The normalized spacial score (nSPS) is 12.9. The SMILES string of the molecule is CC(C)C(SCCn1c(=O)oc2ccccc21)C(=O)O. The maximum Gasteiger partial charge on any atom is 0.419 e. The summed E-state index contributed by atoms with van der Waals surface area (Å²) in [5.41, 5.74) is 1.30. The van der Waals surface area contributed by atoms with Gasteiger partial charge in [0.1, 0.15) is 5.25 Å². The Morgan fingerprint density at radius 2 is 2.10 bits per heavy atom. The molecule has 0 bridgehead atoms. The van der Waals surface area contributed by atoms with Crippen molar-refractivity contribution in [2.75, 3.05) is 5.75 Å². The first-order valence-electron chi connectivity index (χ1n) is 6.43. The first-order valence-corrected chi connectivity index (χ1v) is 7.48. The fourth-order valence-corrected chi connectivity index (χ4v) is 3.11. The molecule has 1 aromatic heterocycles. The summed E-state index contributed by atoms with van der Waals surface area (Å²) in [5.74, 6) is -0.605. The third kappa shape index (κ3) is 3.07. The molecule has 0 amide bonds. The Balaban J connectivity index is 2.08. The summed E-state index contributed by atoms with van der Waals surface area (Å²) in [6.07, 6.45) is 0. The molecular weight excluding hydrogens is 278 g/mol. The van der Waals surface area contributed by atoms with Gasteiger partial charge >= 0.3 is 11.7 Å². The molecule has 6 heteroatoms. The minimum Gasteiger partial charge on any atom is -0.480 e. The van der Waals surface area contributed by atoms with Crippen molar-refractivity contribution in [3.05, 3.63) is 34.8 Å². The zero-order valence-electron chi connectivity index (χ0n) is 11.4. The van der Waals surface area contributed by atoms with E-state index in [1.807, 2.05) is 32.0 Å². The number of oxazole rings is 1. The van der Waals surface area contributed by atoms with E-state index in [0.29, 0.717) is 17.9 Å². The Bertz CT molecular complexity index is 658. The van der Waals surface area contributed by atoms with Crippen LogP contribution in [0.15, 0.2) is 33.5 Å². The molecule has 0 aliphatic rings. The second kappa shape index (κ2) is 6.17. The van der Waals surface area contributed by atoms with Crippen LogP contribution < -0.4 is 5.76 Å². The highest BCUT2D eigenvalue weighted by atomic mass is 32.2. The molecule has 1 atom stereocenters. The van der Waals surface area contributed by atoms with Crippen molar-refractivity contribution in [3.8, 4) is 0 Å². The number of rotatable bonds is 6. The molecule has 1 aromatic carbocycles. The topological polar surface area (TPSA) is 72.4 Å². The predicted molar refractivity (Wildman–Crippen MR) is 79.2 cm³/mol. The minimum atomic E-state index is -0.811. The van der Waals surface area contributed by atoms with Crippen LogP contribution in [0.25, 0.3) is 11.1 Å². The summed E-state index contributed by atoms with van der Waals surface area (Å²) in [4.78, 5) is 22.9. The van der Waals surface area contributed by atoms with E-state index in [0.717, 1.165) is 5.52 Å². The number of benzene rings is 1. The van der Waals surface area contributed by atoms with Crippen LogP contribution in [0.4, 0.5) is 0 Å². The molecule has 0 radical (unpaired) electrons. The molecule has 108 valence electrons. The van der Waals surface area contributed by atoms with E-state index in [4.69, 9.17) is 9.52 Å². The summed E-state index contributed by atoms with van der Waals surface area (Å²) in [6, 6.07) is 7.22. The summed E-state index contributed by atoms with van der Waals surface area (Å²) in [6.45, 7) is 4.20. The lowest BCUT2D eigenvalue weighted by atomic mass is 10.1. The van der Waals surface area contributed by atoms with Crippen molar-refractivity contribution in [2.24, 2.45) is 5.92 Å². The molecule has 0 saturated heterocycles. The molecule has 5 nitrogen and oxygen atoms in total. The van der Waals surface area contributed by atoms with E-state index in [1.54, 1.807) is 10.6 Å². The van der Waals surface area contributed by atoms with Crippen LogP contribution in [0, 0.1) is 5.92 Å². The van der Waals surface area contributed by atoms with Gasteiger partial charge in [0.25, 0.3) is 0 Å². The lowest BCUT2D eigenvalue weighted by Gasteiger charge is -2.15. The fourth-order valence-electron chi connectivity index (χ4n) is 2.05. The van der Waals surface area contributed by atoms with E-state index in [-0.39, 0.29) is 5.92 Å². The quantitative estimate of drug-likeness (QED) is 0.886. The third-order valence-electron chi connectivity index (χ3n) is 3.03. The predicted octanol–water partition coefficient (Wildman–Crippen LogP) is 2.44. The number of aromatic nitrogens is 1. The lowest BCUT2D eigenvalue weighted by molar-refractivity contribution is -0.137. The van der Waals surface area contributed by atoms with E-state index < -0.39 is 17.0 Å². The van der Waals surface area contributed by atoms with Crippen molar-refractivity contribution in [1.82, 2.24) is 4.57 Å². The van der Waals surface area contributed by atoms with Crippen molar-refractivity contribution >= 4 is 28.8 Å². The molecule has 1 N–H and O–H groups in total. The van der Waals surface area contributed by atoms with E-state index >= 15 is 0 Å². The molecule has 1 unspecified atom stereocenters. The monoisotopic (exact) mass is 295 g/mol. The van der Waals surface area contributed by atoms with Gasteiger partial charge in [-0.25, -0.2) is 4.79 Å². The maximum atomic E-state index is 11.8. The molecule has 2 rings (SSSR count). The van der Waals surface area contributed by atoms with Gasteiger partial charge < -0.3 is 9.52 Å². The van der Waals surface area contributed by atoms with E-state index in [2.05, 4.69) is 0 Å². The largest absolute Gasteiger partial charge is 0.480 e. The highest BCUT2D eigenvalue weighted by Crippen LogP contribution is 2.20. The van der Waals surface area contributed by atoms with Gasteiger partial charge in [-0.1, -0.05) is 26.0 Å². The molecular formula is C14H17NO4S. The van der Waals surface area contributed by atoms with Crippen molar-refractivity contribution < 1.29 is 14.3 Å². The van der Waals surface area contributed by atoms with Crippen molar-refractivity contribution in [3.63, 3.8) is 0 Å². The summed E-state index contributed by atoms with van der Waals surface area (Å²) in [5, 5.41) is 8.66. The van der Waals surface area contributed by atoms with Gasteiger partial charge in [-0.3, -0.25) is 9.36 Å². The van der Waals surface area contributed by atoms with Crippen LogP contribution in [-0.4, -0.2) is 26.6 Å². The number of carboxylic acid groups (broad SMARTS) is 1. The molecule has 0 aliphatic heterocycles. The van der Waals surface area contributed by atoms with Crippen LogP contribution in [-0.2, 0) is 11.3 Å². The Kier molecular flexibility index (Phi) is 4.54. The molecule has 1 heterocycles. The second-order valence-electron chi connectivity index (χ2n) is 4.86. The third-order valence-corrected chi connectivity index (χ3v) is 4.56. The number of carboxylic acids is 1. The number of aryl methyl sites for hydroxylation is 1. The number of para-hydroxylation sites is 2. The molecule has 0 spiro atoms. The van der Waals surface area contributed by atoms with Gasteiger partial charge in [0.15, 0.2) is 5.58 Å². The molecule has 2 aromatic rings. The van der Waals surface area contributed by atoms with Crippen molar-refractivity contribution in [2.45, 2.75) is 25.6 Å². The minimum absolute atomic E-state index is 0.0512. The molecule has 0 saturated carbocycles.